The molecule has 6 nitrogen and oxygen atoms in total. The van der Waals surface area contributed by atoms with E-state index in [1.54, 1.807) is 6.20 Å². The molecule has 0 aromatic carbocycles. The Morgan fingerprint density at radius 3 is 2.71 bits per heavy atom. The Morgan fingerprint density at radius 1 is 1.35 bits per heavy atom. The van der Waals surface area contributed by atoms with Gasteiger partial charge in [-0.3, -0.25) is 4.68 Å². The normalized spacial score (nSPS) is 11.9. The molecule has 0 spiro atoms. The fraction of sp³-hybridized carbons (Fsp3) is 0.700. The molecule has 0 aliphatic heterocycles. The van der Waals surface area contributed by atoms with Gasteiger partial charge >= 0.3 is 0 Å². The zero-order valence-electron chi connectivity index (χ0n) is 10.3. The summed E-state index contributed by atoms with van der Waals surface area (Å²) in [5.41, 5.74) is 1.19. The molecule has 0 radical (unpaired) electrons. The van der Waals surface area contributed by atoms with Crippen LogP contribution in [-0.4, -0.2) is 44.1 Å². The summed E-state index contributed by atoms with van der Waals surface area (Å²) in [7, 11) is -1.13. The van der Waals surface area contributed by atoms with Crippen molar-refractivity contribution in [1.82, 2.24) is 19.8 Å². The average Bonchev–Trinajstić information content (AvgIpc) is 2.61. The molecule has 1 heterocycles. The number of hydrogen-bond donors (Lipinski definition) is 2. The number of rotatable bonds is 8. The zero-order valence-corrected chi connectivity index (χ0v) is 11.1. The van der Waals surface area contributed by atoms with Crippen LogP contribution in [0.15, 0.2) is 12.3 Å². The van der Waals surface area contributed by atoms with Gasteiger partial charge in [-0.25, -0.2) is 13.1 Å². The number of sulfonamides is 1. The lowest BCUT2D eigenvalue weighted by Crippen LogP contribution is -2.27. The Hall–Kier alpha value is -0.920. The van der Waals surface area contributed by atoms with Crippen LogP contribution in [0.3, 0.4) is 0 Å². The van der Waals surface area contributed by atoms with Crippen LogP contribution in [0, 0.1) is 0 Å². The first-order valence-corrected chi connectivity index (χ1v) is 7.50. The highest BCUT2D eigenvalue weighted by Crippen LogP contribution is 1.95. The van der Waals surface area contributed by atoms with Gasteiger partial charge in [-0.1, -0.05) is 0 Å². The second-order valence-corrected chi connectivity index (χ2v) is 5.80. The molecule has 0 aliphatic rings. The quantitative estimate of drug-likeness (QED) is 0.617. The predicted octanol–water partition coefficient (Wildman–Crippen LogP) is -0.508. The van der Waals surface area contributed by atoms with Gasteiger partial charge in [-0.15, -0.1) is 0 Å². The molecular formula is C10H20N4O2S. The van der Waals surface area contributed by atoms with Crippen molar-refractivity contribution in [3.63, 3.8) is 0 Å². The Kier molecular flexibility index (Phi) is 5.60. The summed E-state index contributed by atoms with van der Waals surface area (Å²) in [6.07, 6.45) is 4.67. The van der Waals surface area contributed by atoms with Crippen molar-refractivity contribution in [1.29, 1.82) is 0 Å². The van der Waals surface area contributed by atoms with Gasteiger partial charge in [0, 0.05) is 38.4 Å². The Morgan fingerprint density at radius 2 is 2.12 bits per heavy atom. The lowest BCUT2D eigenvalue weighted by Gasteiger charge is -2.05. The summed E-state index contributed by atoms with van der Waals surface area (Å²) in [5, 5.41) is 7.35. The lowest BCUT2D eigenvalue weighted by atomic mass is 10.3. The van der Waals surface area contributed by atoms with Crippen LogP contribution in [0.5, 0.6) is 0 Å². The molecule has 98 valence electrons. The summed E-state index contributed by atoms with van der Waals surface area (Å²) < 4.78 is 25.9. The van der Waals surface area contributed by atoms with Gasteiger partial charge in [0.05, 0.1) is 6.26 Å². The fourth-order valence-electron chi connectivity index (χ4n) is 1.46. The van der Waals surface area contributed by atoms with Gasteiger partial charge in [-0.2, -0.15) is 5.10 Å². The van der Waals surface area contributed by atoms with Crippen LogP contribution < -0.4 is 10.0 Å². The van der Waals surface area contributed by atoms with Crippen molar-refractivity contribution in [2.75, 3.05) is 25.9 Å². The first kappa shape index (κ1) is 14.1. The van der Waals surface area contributed by atoms with E-state index in [1.807, 2.05) is 17.8 Å². The van der Waals surface area contributed by atoms with Crippen molar-refractivity contribution in [3.05, 3.63) is 18.0 Å². The summed E-state index contributed by atoms with van der Waals surface area (Å²) in [4.78, 5) is 0. The largest absolute Gasteiger partial charge is 0.316 e. The van der Waals surface area contributed by atoms with E-state index in [2.05, 4.69) is 15.1 Å². The highest BCUT2D eigenvalue weighted by molar-refractivity contribution is 7.88. The standard InChI is InChI=1S/C10H20N4O2S/c1-14-10(5-9-12-14)4-8-11-6-3-7-13-17(2,15)16/h5,9,11,13H,3-4,6-8H2,1-2H3. The SMILES string of the molecule is Cn1nccc1CCNCCCNS(C)(=O)=O. The van der Waals surface area contributed by atoms with E-state index in [0.717, 1.165) is 25.9 Å². The Bertz CT molecular complexity index is 427. The van der Waals surface area contributed by atoms with Crippen molar-refractivity contribution < 1.29 is 8.42 Å². The molecule has 1 rings (SSSR count). The Balaban J connectivity index is 2.00. The minimum Gasteiger partial charge on any atom is -0.316 e. The summed E-state index contributed by atoms with van der Waals surface area (Å²) in [6, 6.07) is 1.99. The van der Waals surface area contributed by atoms with Crippen molar-refractivity contribution in [2.45, 2.75) is 12.8 Å². The molecule has 1 aromatic rings. The molecular weight excluding hydrogens is 240 g/mol. The third-order valence-corrected chi connectivity index (χ3v) is 3.10. The van der Waals surface area contributed by atoms with Crippen LogP contribution in [0.25, 0.3) is 0 Å². The van der Waals surface area contributed by atoms with Crippen LogP contribution in [0.1, 0.15) is 12.1 Å². The molecule has 0 amide bonds. The van der Waals surface area contributed by atoms with Crippen molar-refractivity contribution >= 4 is 10.0 Å². The molecule has 0 fully saturated rings. The van der Waals surface area contributed by atoms with E-state index in [0.29, 0.717) is 6.54 Å². The molecule has 0 bridgehead atoms. The highest BCUT2D eigenvalue weighted by Gasteiger charge is 1.99. The van der Waals surface area contributed by atoms with E-state index < -0.39 is 10.0 Å². The third kappa shape index (κ3) is 6.40. The van der Waals surface area contributed by atoms with Gasteiger partial charge in [0.1, 0.15) is 0 Å². The molecule has 0 saturated carbocycles. The zero-order chi connectivity index (χ0) is 12.7. The maximum absolute atomic E-state index is 10.8. The smallest absolute Gasteiger partial charge is 0.208 e. The molecule has 0 aliphatic carbocycles. The first-order chi connectivity index (χ1) is 7.99. The summed E-state index contributed by atoms with van der Waals surface area (Å²) >= 11 is 0. The Labute approximate surface area is 102 Å². The van der Waals surface area contributed by atoms with E-state index >= 15 is 0 Å². The molecule has 1 aromatic heterocycles. The van der Waals surface area contributed by atoms with Gasteiger partial charge in [0.2, 0.25) is 10.0 Å². The second kappa shape index (κ2) is 6.73. The van der Waals surface area contributed by atoms with Gasteiger partial charge in [0.25, 0.3) is 0 Å². The molecule has 7 heteroatoms. The predicted molar refractivity (Wildman–Crippen MR) is 67.2 cm³/mol. The molecule has 17 heavy (non-hydrogen) atoms. The first-order valence-electron chi connectivity index (χ1n) is 5.61. The maximum Gasteiger partial charge on any atom is 0.208 e. The van der Waals surface area contributed by atoms with E-state index in [4.69, 9.17) is 0 Å². The number of nitrogens with zero attached hydrogens (tertiary/aromatic N) is 2. The molecule has 0 saturated heterocycles. The maximum atomic E-state index is 10.8. The van der Waals surface area contributed by atoms with Crippen LogP contribution in [-0.2, 0) is 23.5 Å². The topological polar surface area (TPSA) is 76.0 Å². The second-order valence-electron chi connectivity index (χ2n) is 3.97. The number of hydrogen-bond acceptors (Lipinski definition) is 4. The number of nitrogens with one attached hydrogen (secondary N) is 2. The third-order valence-electron chi connectivity index (χ3n) is 2.37. The van der Waals surface area contributed by atoms with Crippen LogP contribution in [0.2, 0.25) is 0 Å². The summed E-state index contributed by atoms with van der Waals surface area (Å²) in [5.74, 6) is 0. The van der Waals surface area contributed by atoms with E-state index in [1.165, 1.54) is 11.9 Å². The van der Waals surface area contributed by atoms with Gasteiger partial charge < -0.3 is 5.32 Å². The minimum absolute atomic E-state index is 0.484. The average molecular weight is 260 g/mol. The fourth-order valence-corrected chi connectivity index (χ4v) is 1.97. The molecule has 0 atom stereocenters. The monoisotopic (exact) mass is 260 g/mol. The van der Waals surface area contributed by atoms with Crippen molar-refractivity contribution in [2.24, 2.45) is 7.05 Å². The van der Waals surface area contributed by atoms with Crippen molar-refractivity contribution in [3.8, 4) is 0 Å². The number of aromatic nitrogens is 2. The minimum atomic E-state index is -3.05. The highest BCUT2D eigenvalue weighted by atomic mass is 32.2. The van der Waals surface area contributed by atoms with Crippen LogP contribution in [0.4, 0.5) is 0 Å². The molecule has 0 unspecified atom stereocenters. The van der Waals surface area contributed by atoms with Gasteiger partial charge in [-0.05, 0) is 19.0 Å². The number of aryl methyl sites for hydroxylation is 1. The van der Waals surface area contributed by atoms with Crippen LogP contribution >= 0.6 is 0 Å². The molecule has 2 N–H and O–H groups in total. The van der Waals surface area contributed by atoms with Gasteiger partial charge in [0.15, 0.2) is 0 Å². The lowest BCUT2D eigenvalue weighted by molar-refractivity contribution is 0.577. The van der Waals surface area contributed by atoms with E-state index in [-0.39, 0.29) is 0 Å². The summed E-state index contributed by atoms with van der Waals surface area (Å²) in [6.45, 7) is 2.16. The van der Waals surface area contributed by atoms with E-state index in [9.17, 15) is 8.42 Å².